The van der Waals surface area contributed by atoms with Crippen LogP contribution in [-0.2, 0) is 9.59 Å². The summed E-state index contributed by atoms with van der Waals surface area (Å²) in [6, 6.07) is -0.765. The Hall–Kier alpha value is -1.10. The van der Waals surface area contributed by atoms with Crippen LogP contribution in [0.15, 0.2) is 0 Å². The number of piperidine rings is 1. The maximum Gasteiger partial charge on any atom is 0.326 e. The van der Waals surface area contributed by atoms with E-state index in [1.165, 1.54) is 0 Å². The maximum atomic E-state index is 12.4. The first-order valence-corrected chi connectivity index (χ1v) is 7.64. The molecule has 1 saturated heterocycles. The first kappa shape index (κ1) is 17.0. The van der Waals surface area contributed by atoms with Gasteiger partial charge >= 0.3 is 5.97 Å². The summed E-state index contributed by atoms with van der Waals surface area (Å²) in [4.78, 5) is 23.7. The lowest BCUT2D eigenvalue weighted by molar-refractivity contribution is -0.144. The minimum atomic E-state index is -0.940. The van der Waals surface area contributed by atoms with E-state index < -0.39 is 17.4 Å². The highest BCUT2D eigenvalue weighted by Gasteiger charge is 2.38. The van der Waals surface area contributed by atoms with Gasteiger partial charge in [0.1, 0.15) is 6.04 Å². The van der Waals surface area contributed by atoms with Crippen LogP contribution in [0, 0.1) is 11.3 Å². The Labute approximate surface area is 121 Å². The number of hydrogen-bond acceptors (Lipinski definition) is 3. The van der Waals surface area contributed by atoms with Crippen molar-refractivity contribution in [1.29, 1.82) is 0 Å². The third kappa shape index (κ3) is 4.47. The van der Waals surface area contributed by atoms with Crippen LogP contribution < -0.4 is 10.6 Å². The van der Waals surface area contributed by atoms with Crippen molar-refractivity contribution in [3.8, 4) is 0 Å². The highest BCUT2D eigenvalue weighted by molar-refractivity contribution is 5.87. The van der Waals surface area contributed by atoms with Crippen LogP contribution in [-0.4, -0.2) is 36.1 Å². The number of carbonyl (C=O) groups excluding carboxylic acids is 1. The van der Waals surface area contributed by atoms with Gasteiger partial charge in [0.05, 0.1) is 0 Å². The zero-order valence-corrected chi connectivity index (χ0v) is 12.9. The molecule has 1 rings (SSSR count). The van der Waals surface area contributed by atoms with Crippen molar-refractivity contribution in [3.63, 3.8) is 0 Å². The number of hydrogen-bond donors (Lipinski definition) is 3. The van der Waals surface area contributed by atoms with Crippen molar-refractivity contribution in [2.75, 3.05) is 13.1 Å². The van der Waals surface area contributed by atoms with Gasteiger partial charge in [0, 0.05) is 5.41 Å². The molecule has 1 unspecified atom stereocenters. The molecule has 1 heterocycles. The van der Waals surface area contributed by atoms with Gasteiger partial charge in [-0.15, -0.1) is 0 Å². The third-order valence-corrected chi connectivity index (χ3v) is 4.35. The van der Waals surface area contributed by atoms with Crippen molar-refractivity contribution in [3.05, 3.63) is 0 Å². The fraction of sp³-hybridized carbons (Fsp3) is 0.867. The standard InChI is InChI=1S/C15H28N2O3/c1-4-5-8-12(13(18)19)17-14(20)15(2,3)11-7-6-9-16-10-11/h11-12,16H,4-10H2,1-3H3,(H,17,20)(H,18,19)/t11?,12-/m0/s1. The second kappa shape index (κ2) is 7.62. The Kier molecular flexibility index (Phi) is 6.46. The number of nitrogens with one attached hydrogen (secondary N) is 2. The van der Waals surface area contributed by atoms with E-state index in [1.54, 1.807) is 0 Å². The quantitative estimate of drug-likeness (QED) is 0.666. The molecule has 0 aliphatic carbocycles. The number of aliphatic carboxylic acids is 1. The molecule has 5 heteroatoms. The second-order valence-electron chi connectivity index (χ2n) is 6.27. The van der Waals surface area contributed by atoms with Crippen LogP contribution in [0.5, 0.6) is 0 Å². The molecule has 1 amide bonds. The molecule has 2 atom stereocenters. The minimum absolute atomic E-state index is 0.144. The zero-order chi connectivity index (χ0) is 15.2. The fourth-order valence-electron chi connectivity index (χ4n) is 2.66. The first-order valence-electron chi connectivity index (χ1n) is 7.64. The van der Waals surface area contributed by atoms with Crippen LogP contribution in [0.2, 0.25) is 0 Å². The summed E-state index contributed by atoms with van der Waals surface area (Å²) < 4.78 is 0. The molecule has 20 heavy (non-hydrogen) atoms. The van der Waals surface area contributed by atoms with Crippen LogP contribution >= 0.6 is 0 Å². The van der Waals surface area contributed by atoms with Crippen molar-refractivity contribution < 1.29 is 14.7 Å². The van der Waals surface area contributed by atoms with Gasteiger partial charge < -0.3 is 15.7 Å². The fourth-order valence-corrected chi connectivity index (χ4v) is 2.66. The molecular weight excluding hydrogens is 256 g/mol. The number of carbonyl (C=O) groups is 2. The van der Waals surface area contributed by atoms with E-state index in [2.05, 4.69) is 10.6 Å². The van der Waals surface area contributed by atoms with Crippen LogP contribution in [0.25, 0.3) is 0 Å². The lowest BCUT2D eigenvalue weighted by Gasteiger charge is -2.36. The van der Waals surface area contributed by atoms with E-state index in [0.717, 1.165) is 38.8 Å². The van der Waals surface area contributed by atoms with E-state index in [4.69, 9.17) is 0 Å². The van der Waals surface area contributed by atoms with Gasteiger partial charge in [-0.05, 0) is 38.3 Å². The van der Waals surface area contributed by atoms with E-state index in [-0.39, 0.29) is 11.8 Å². The molecule has 3 N–H and O–H groups in total. The number of carboxylic acids is 1. The average molecular weight is 284 g/mol. The molecule has 0 aromatic carbocycles. The SMILES string of the molecule is CCCC[C@H](NC(=O)C(C)(C)C1CCCNC1)C(=O)O. The Bertz CT molecular complexity index is 336. The molecule has 1 aliphatic heterocycles. The van der Waals surface area contributed by atoms with Gasteiger partial charge in [-0.3, -0.25) is 4.79 Å². The predicted octanol–water partition coefficient (Wildman–Crippen LogP) is 1.77. The summed E-state index contributed by atoms with van der Waals surface area (Å²) in [6.07, 6.45) is 4.31. The summed E-state index contributed by atoms with van der Waals surface area (Å²) in [5.41, 5.74) is -0.534. The molecule has 1 fully saturated rings. The second-order valence-corrected chi connectivity index (χ2v) is 6.27. The van der Waals surface area contributed by atoms with Crippen molar-refractivity contribution in [2.45, 2.75) is 58.9 Å². The first-order chi connectivity index (χ1) is 9.39. The zero-order valence-electron chi connectivity index (χ0n) is 12.9. The Balaban J connectivity index is 2.63. The summed E-state index contributed by atoms with van der Waals surface area (Å²) in [7, 11) is 0. The van der Waals surface area contributed by atoms with Crippen LogP contribution in [0.4, 0.5) is 0 Å². The summed E-state index contributed by atoms with van der Waals surface area (Å²) in [6.45, 7) is 7.67. The lowest BCUT2D eigenvalue weighted by atomic mass is 9.74. The number of rotatable bonds is 7. The Morgan fingerprint density at radius 1 is 1.45 bits per heavy atom. The van der Waals surface area contributed by atoms with Crippen molar-refractivity contribution in [1.82, 2.24) is 10.6 Å². The predicted molar refractivity (Wildman–Crippen MR) is 78.5 cm³/mol. The van der Waals surface area contributed by atoms with Gasteiger partial charge in [-0.2, -0.15) is 0 Å². The van der Waals surface area contributed by atoms with Gasteiger partial charge in [0.2, 0.25) is 5.91 Å². The topological polar surface area (TPSA) is 78.4 Å². The smallest absolute Gasteiger partial charge is 0.326 e. The Morgan fingerprint density at radius 3 is 2.65 bits per heavy atom. The van der Waals surface area contributed by atoms with E-state index in [1.807, 2.05) is 20.8 Å². The van der Waals surface area contributed by atoms with E-state index >= 15 is 0 Å². The maximum absolute atomic E-state index is 12.4. The monoisotopic (exact) mass is 284 g/mol. The molecule has 5 nitrogen and oxygen atoms in total. The summed E-state index contributed by atoms with van der Waals surface area (Å²) in [5.74, 6) is -0.823. The normalized spacial score (nSPS) is 21.2. The molecule has 0 bridgehead atoms. The average Bonchev–Trinajstić information content (AvgIpc) is 2.43. The number of unbranched alkanes of at least 4 members (excludes halogenated alkanes) is 1. The van der Waals surface area contributed by atoms with Gasteiger partial charge in [0.15, 0.2) is 0 Å². The summed E-state index contributed by atoms with van der Waals surface area (Å²) >= 11 is 0. The molecular formula is C15H28N2O3. The largest absolute Gasteiger partial charge is 0.480 e. The van der Waals surface area contributed by atoms with E-state index in [0.29, 0.717) is 6.42 Å². The van der Waals surface area contributed by atoms with Gasteiger partial charge in [-0.25, -0.2) is 4.79 Å². The molecule has 0 aromatic heterocycles. The molecule has 0 aromatic rings. The Morgan fingerprint density at radius 2 is 2.15 bits per heavy atom. The molecule has 0 spiro atoms. The minimum Gasteiger partial charge on any atom is -0.480 e. The van der Waals surface area contributed by atoms with Crippen LogP contribution in [0.3, 0.4) is 0 Å². The molecule has 0 radical (unpaired) electrons. The summed E-state index contributed by atoms with van der Waals surface area (Å²) in [5, 5.41) is 15.2. The van der Waals surface area contributed by atoms with Crippen LogP contribution in [0.1, 0.15) is 52.9 Å². The lowest BCUT2D eigenvalue weighted by Crippen LogP contribution is -2.51. The molecule has 1 aliphatic rings. The van der Waals surface area contributed by atoms with Gasteiger partial charge in [0.25, 0.3) is 0 Å². The molecule has 0 saturated carbocycles. The van der Waals surface area contributed by atoms with Gasteiger partial charge in [-0.1, -0.05) is 33.6 Å². The number of carboxylic acid groups (broad SMARTS) is 1. The third-order valence-electron chi connectivity index (χ3n) is 4.35. The van der Waals surface area contributed by atoms with Crippen molar-refractivity contribution in [2.24, 2.45) is 11.3 Å². The highest BCUT2D eigenvalue weighted by Crippen LogP contribution is 2.32. The highest BCUT2D eigenvalue weighted by atomic mass is 16.4. The number of amides is 1. The van der Waals surface area contributed by atoms with E-state index in [9.17, 15) is 14.7 Å². The molecule has 116 valence electrons. The van der Waals surface area contributed by atoms with Crippen molar-refractivity contribution >= 4 is 11.9 Å².